The summed E-state index contributed by atoms with van der Waals surface area (Å²) in [5, 5.41) is 3.49. The van der Waals surface area contributed by atoms with Gasteiger partial charge in [-0.25, -0.2) is 9.37 Å². The van der Waals surface area contributed by atoms with Gasteiger partial charge in [0.2, 0.25) is 0 Å². The molecule has 0 aliphatic carbocycles. The average Bonchev–Trinajstić information content (AvgIpc) is 3.17. The minimum atomic E-state index is -0.585. The predicted molar refractivity (Wildman–Crippen MR) is 130 cm³/mol. The maximum atomic E-state index is 13.9. The molecule has 7 nitrogen and oxygen atoms in total. The van der Waals surface area contributed by atoms with Gasteiger partial charge in [0.05, 0.1) is 7.11 Å². The van der Waals surface area contributed by atoms with E-state index in [0.29, 0.717) is 29.4 Å². The fourth-order valence-corrected chi connectivity index (χ4v) is 4.09. The number of carbonyl (C=O) groups excluding carboxylic acids is 1. The number of primary amides is 1. The van der Waals surface area contributed by atoms with Crippen LogP contribution in [-0.2, 0) is 11.2 Å². The van der Waals surface area contributed by atoms with E-state index in [4.69, 9.17) is 20.2 Å². The first-order valence-corrected chi connectivity index (χ1v) is 11.0. The van der Waals surface area contributed by atoms with Crippen LogP contribution in [0.3, 0.4) is 0 Å². The number of rotatable bonds is 8. The van der Waals surface area contributed by atoms with E-state index in [2.05, 4.69) is 5.32 Å². The van der Waals surface area contributed by atoms with Gasteiger partial charge < -0.3 is 20.5 Å². The SMILES string of the molecule is CCc1cc(OC)cc(OCC(N)=O)c1-c1nc2ccccn2c1Nc1c(C)cc(F)cc1C. The maximum absolute atomic E-state index is 13.9. The monoisotopic (exact) mass is 462 g/mol. The molecule has 0 aliphatic heterocycles. The van der Waals surface area contributed by atoms with Crippen LogP contribution in [0.1, 0.15) is 23.6 Å². The van der Waals surface area contributed by atoms with Crippen molar-refractivity contribution < 1.29 is 18.7 Å². The second-order valence-electron chi connectivity index (χ2n) is 8.05. The molecule has 4 aromatic rings. The highest BCUT2D eigenvalue weighted by Gasteiger charge is 2.23. The lowest BCUT2D eigenvalue weighted by molar-refractivity contribution is -0.119. The topological polar surface area (TPSA) is 90.9 Å². The molecule has 0 unspecified atom stereocenters. The Kier molecular flexibility index (Phi) is 6.40. The molecule has 4 rings (SSSR count). The maximum Gasteiger partial charge on any atom is 0.255 e. The zero-order valence-corrected chi connectivity index (χ0v) is 19.6. The van der Waals surface area contributed by atoms with E-state index in [0.717, 1.165) is 33.6 Å². The van der Waals surface area contributed by atoms with Crippen molar-refractivity contribution in [2.45, 2.75) is 27.2 Å². The second-order valence-corrected chi connectivity index (χ2v) is 8.05. The van der Waals surface area contributed by atoms with E-state index in [1.165, 1.54) is 12.1 Å². The number of fused-ring (bicyclic) bond motifs is 1. The summed E-state index contributed by atoms with van der Waals surface area (Å²) in [7, 11) is 1.57. The van der Waals surface area contributed by atoms with Crippen molar-refractivity contribution in [2.75, 3.05) is 19.0 Å². The molecule has 0 saturated heterocycles. The van der Waals surface area contributed by atoms with Gasteiger partial charge >= 0.3 is 0 Å². The van der Waals surface area contributed by atoms with Crippen LogP contribution < -0.4 is 20.5 Å². The molecule has 0 aliphatic rings. The van der Waals surface area contributed by atoms with Crippen molar-refractivity contribution in [3.8, 4) is 22.8 Å². The molecule has 0 fully saturated rings. The van der Waals surface area contributed by atoms with Crippen LogP contribution in [0, 0.1) is 19.7 Å². The lowest BCUT2D eigenvalue weighted by Gasteiger charge is -2.18. The average molecular weight is 463 g/mol. The first kappa shape index (κ1) is 23.1. The minimum Gasteiger partial charge on any atom is -0.497 e. The van der Waals surface area contributed by atoms with E-state index in [1.54, 1.807) is 13.2 Å². The molecule has 3 N–H and O–H groups in total. The number of pyridine rings is 1. The zero-order chi connectivity index (χ0) is 24.4. The molecule has 2 aromatic carbocycles. The normalized spacial score (nSPS) is 11.0. The van der Waals surface area contributed by atoms with Gasteiger partial charge in [-0.1, -0.05) is 13.0 Å². The summed E-state index contributed by atoms with van der Waals surface area (Å²) < 4.78 is 27.1. The number of anilines is 2. The predicted octanol–water partition coefficient (Wildman–Crippen LogP) is 4.94. The summed E-state index contributed by atoms with van der Waals surface area (Å²) in [5.74, 6) is 0.858. The number of hydrogen-bond donors (Lipinski definition) is 2. The van der Waals surface area contributed by atoms with E-state index >= 15 is 0 Å². The number of halogens is 1. The molecule has 1 amide bonds. The van der Waals surface area contributed by atoms with Crippen molar-refractivity contribution in [3.05, 3.63) is 71.2 Å². The zero-order valence-electron chi connectivity index (χ0n) is 19.6. The number of ether oxygens (including phenoxy) is 2. The number of nitrogens with zero attached hydrogens (tertiary/aromatic N) is 2. The van der Waals surface area contributed by atoms with Crippen LogP contribution in [0.25, 0.3) is 16.9 Å². The summed E-state index contributed by atoms with van der Waals surface area (Å²) in [6.45, 7) is 5.45. The van der Waals surface area contributed by atoms with E-state index < -0.39 is 5.91 Å². The molecule has 0 saturated carbocycles. The van der Waals surface area contributed by atoms with Gasteiger partial charge in [-0.15, -0.1) is 0 Å². The molecule has 0 atom stereocenters. The van der Waals surface area contributed by atoms with Crippen LogP contribution in [0.4, 0.5) is 15.9 Å². The Morgan fingerprint density at radius 3 is 2.56 bits per heavy atom. The van der Waals surface area contributed by atoms with Gasteiger partial charge in [0.15, 0.2) is 6.61 Å². The minimum absolute atomic E-state index is 0.282. The van der Waals surface area contributed by atoms with E-state index in [9.17, 15) is 9.18 Å². The number of hydrogen-bond acceptors (Lipinski definition) is 5. The third-order valence-corrected chi connectivity index (χ3v) is 5.65. The summed E-state index contributed by atoms with van der Waals surface area (Å²) in [4.78, 5) is 16.4. The van der Waals surface area contributed by atoms with Crippen molar-refractivity contribution in [3.63, 3.8) is 0 Å². The third-order valence-electron chi connectivity index (χ3n) is 5.65. The van der Waals surface area contributed by atoms with Crippen LogP contribution in [0.15, 0.2) is 48.7 Å². The van der Waals surface area contributed by atoms with Crippen molar-refractivity contribution >= 4 is 23.1 Å². The molecular weight excluding hydrogens is 435 g/mol. The van der Waals surface area contributed by atoms with Crippen molar-refractivity contribution in [1.29, 1.82) is 0 Å². The Hall–Kier alpha value is -4.07. The van der Waals surface area contributed by atoms with Crippen LogP contribution in [0.5, 0.6) is 11.5 Å². The molecule has 34 heavy (non-hydrogen) atoms. The quantitative estimate of drug-likeness (QED) is 0.387. The van der Waals surface area contributed by atoms with Gasteiger partial charge in [-0.05, 0) is 67.3 Å². The third kappa shape index (κ3) is 4.39. The van der Waals surface area contributed by atoms with Crippen LogP contribution in [-0.4, -0.2) is 29.0 Å². The highest BCUT2D eigenvalue weighted by Crippen LogP contribution is 2.42. The molecule has 2 heterocycles. The summed E-state index contributed by atoms with van der Waals surface area (Å²) in [5.41, 5.74) is 10.7. The van der Waals surface area contributed by atoms with E-state index in [-0.39, 0.29) is 12.4 Å². The van der Waals surface area contributed by atoms with Gasteiger partial charge in [0.25, 0.3) is 5.91 Å². The number of nitrogens with two attached hydrogens (primary N) is 1. The van der Waals surface area contributed by atoms with Gasteiger partial charge in [-0.3, -0.25) is 9.20 Å². The first-order chi connectivity index (χ1) is 16.3. The lowest BCUT2D eigenvalue weighted by atomic mass is 10.00. The Bertz CT molecular complexity index is 1360. The molecule has 176 valence electrons. The largest absolute Gasteiger partial charge is 0.497 e. The Balaban J connectivity index is 1.98. The fourth-order valence-electron chi connectivity index (χ4n) is 4.09. The fraction of sp³-hybridized carbons (Fsp3) is 0.231. The molecule has 0 bridgehead atoms. The van der Waals surface area contributed by atoms with Gasteiger partial charge in [0.1, 0.15) is 34.5 Å². The number of imidazole rings is 1. The molecular formula is C26H27FN4O3. The summed E-state index contributed by atoms with van der Waals surface area (Å²) in [6, 6.07) is 12.3. The molecule has 0 radical (unpaired) electrons. The van der Waals surface area contributed by atoms with Crippen LogP contribution in [0.2, 0.25) is 0 Å². The second kappa shape index (κ2) is 9.43. The van der Waals surface area contributed by atoms with Crippen molar-refractivity contribution in [2.24, 2.45) is 5.73 Å². The van der Waals surface area contributed by atoms with Gasteiger partial charge in [0, 0.05) is 23.5 Å². The van der Waals surface area contributed by atoms with E-state index in [1.807, 2.05) is 55.6 Å². The smallest absolute Gasteiger partial charge is 0.255 e. The number of benzene rings is 2. The number of carbonyl (C=O) groups is 1. The number of methoxy groups -OCH3 is 1. The van der Waals surface area contributed by atoms with Crippen molar-refractivity contribution in [1.82, 2.24) is 9.38 Å². The molecule has 8 heteroatoms. The first-order valence-electron chi connectivity index (χ1n) is 11.0. The van der Waals surface area contributed by atoms with Gasteiger partial charge in [-0.2, -0.15) is 0 Å². The Labute approximate surface area is 197 Å². The Morgan fingerprint density at radius 2 is 1.91 bits per heavy atom. The highest BCUT2D eigenvalue weighted by molar-refractivity contribution is 5.86. The Morgan fingerprint density at radius 1 is 1.18 bits per heavy atom. The lowest BCUT2D eigenvalue weighted by Crippen LogP contribution is -2.20. The summed E-state index contributed by atoms with van der Waals surface area (Å²) in [6.07, 6.45) is 2.57. The standard InChI is InChI=1S/C26H27FN4O3/c1-5-17-12-19(33-4)13-20(34-14-21(28)32)23(17)25-26(31-9-7-6-8-22(31)29-25)30-24-15(2)10-18(27)11-16(24)3/h6-13,30H,5,14H2,1-4H3,(H2,28,32). The van der Waals surface area contributed by atoms with Crippen LogP contribution >= 0.6 is 0 Å². The highest BCUT2D eigenvalue weighted by atomic mass is 19.1. The number of aromatic nitrogens is 2. The summed E-state index contributed by atoms with van der Waals surface area (Å²) >= 11 is 0. The molecule has 2 aromatic heterocycles. The number of aryl methyl sites for hydroxylation is 3. The number of amides is 1. The number of nitrogens with one attached hydrogen (secondary N) is 1. The molecule has 0 spiro atoms.